The molecule has 1 aromatic rings. The van der Waals surface area contributed by atoms with Gasteiger partial charge in [0.25, 0.3) is 0 Å². The second kappa shape index (κ2) is 6.91. The molecule has 0 aromatic heterocycles. The zero-order valence-electron chi connectivity index (χ0n) is 15.0. The summed E-state index contributed by atoms with van der Waals surface area (Å²) in [5.74, 6) is -0.899. The minimum absolute atomic E-state index is 0.273. The number of hydrogen-bond donors (Lipinski definition) is 1. The highest BCUT2D eigenvalue weighted by atomic mass is 16.7. The molecule has 0 amide bonds. The van der Waals surface area contributed by atoms with Gasteiger partial charge in [0, 0.05) is 18.3 Å². The summed E-state index contributed by atoms with van der Waals surface area (Å²) in [6, 6.07) is 6.68. The Bertz CT molecular complexity index is 712. The van der Waals surface area contributed by atoms with Crippen LogP contribution >= 0.6 is 0 Å². The van der Waals surface area contributed by atoms with Gasteiger partial charge in [-0.15, -0.1) is 0 Å². The minimum Gasteiger partial charge on any atom is -0.438 e. The summed E-state index contributed by atoms with van der Waals surface area (Å²) in [5, 5.41) is 10.3. The van der Waals surface area contributed by atoms with Crippen molar-refractivity contribution in [2.45, 2.75) is 62.7 Å². The van der Waals surface area contributed by atoms with Gasteiger partial charge in [-0.05, 0) is 36.5 Å². The molecule has 26 heavy (non-hydrogen) atoms. The molecule has 6 heteroatoms. The maximum atomic E-state index is 12.3. The molecule has 1 heterocycles. The van der Waals surface area contributed by atoms with E-state index in [1.54, 1.807) is 0 Å². The zero-order valence-corrected chi connectivity index (χ0v) is 15.0. The van der Waals surface area contributed by atoms with Crippen molar-refractivity contribution in [3.63, 3.8) is 0 Å². The number of carbonyl (C=O) groups excluding carboxylic acids is 2. The summed E-state index contributed by atoms with van der Waals surface area (Å²) in [6.45, 7) is 1.03. The van der Waals surface area contributed by atoms with Crippen LogP contribution in [0.15, 0.2) is 18.2 Å². The maximum Gasteiger partial charge on any atom is 0.508 e. The van der Waals surface area contributed by atoms with Crippen LogP contribution < -0.4 is 4.90 Å². The number of ketones is 1. The Morgan fingerprint density at radius 3 is 2.69 bits per heavy atom. The van der Waals surface area contributed by atoms with Crippen LogP contribution in [0.4, 0.5) is 10.5 Å². The summed E-state index contributed by atoms with van der Waals surface area (Å²) < 4.78 is 9.23. The lowest BCUT2D eigenvalue weighted by Gasteiger charge is -2.38. The Hall–Kier alpha value is -2.08. The average Bonchev–Trinajstić information content (AvgIpc) is 3.10. The number of methoxy groups -OCH3 is 1. The van der Waals surface area contributed by atoms with Crippen molar-refractivity contribution in [1.82, 2.24) is 0 Å². The van der Waals surface area contributed by atoms with E-state index in [1.807, 2.05) is 12.1 Å². The second-order valence-corrected chi connectivity index (χ2v) is 7.49. The lowest BCUT2D eigenvalue weighted by molar-refractivity contribution is -0.157. The molecule has 1 aromatic carbocycles. The molecular formula is C20H25NO5. The van der Waals surface area contributed by atoms with E-state index in [1.165, 1.54) is 50.5 Å². The van der Waals surface area contributed by atoms with Gasteiger partial charge in [-0.25, -0.2) is 4.79 Å². The highest BCUT2D eigenvalue weighted by Gasteiger charge is 2.52. The van der Waals surface area contributed by atoms with E-state index in [0.717, 1.165) is 18.5 Å². The lowest BCUT2D eigenvalue weighted by atomic mass is 9.73. The van der Waals surface area contributed by atoms with E-state index in [4.69, 9.17) is 4.74 Å². The Kier molecular flexibility index (Phi) is 4.61. The molecule has 2 fully saturated rings. The fraction of sp³-hybridized carbons (Fsp3) is 0.600. The normalized spacial score (nSPS) is 28.5. The van der Waals surface area contributed by atoms with Crippen LogP contribution in [0.5, 0.6) is 0 Å². The highest BCUT2D eigenvalue weighted by molar-refractivity contribution is 5.98. The highest BCUT2D eigenvalue weighted by Crippen LogP contribution is 2.40. The number of ether oxygens (including phenoxy) is 2. The zero-order chi connectivity index (χ0) is 18.3. The smallest absolute Gasteiger partial charge is 0.438 e. The summed E-state index contributed by atoms with van der Waals surface area (Å²) in [4.78, 5) is 26.0. The molecule has 2 saturated carbocycles. The van der Waals surface area contributed by atoms with Crippen molar-refractivity contribution in [3.8, 4) is 0 Å². The van der Waals surface area contributed by atoms with Gasteiger partial charge in [-0.1, -0.05) is 31.4 Å². The average molecular weight is 359 g/mol. The third kappa shape index (κ3) is 2.86. The standard InChI is InChI=1S/C20H25NO5/c1-25-20(24)26-19-17(22)16(18(19)23)13-7-8-15-12(11-13)9-10-21(15)14-5-3-2-4-6-14/h7-8,11,14,16-17,19,22H,2-6,9-10H2,1H3. The molecule has 0 radical (unpaired) electrons. The van der Waals surface area contributed by atoms with Gasteiger partial charge in [0.05, 0.1) is 13.0 Å². The van der Waals surface area contributed by atoms with Crippen LogP contribution in [0.2, 0.25) is 0 Å². The van der Waals surface area contributed by atoms with Gasteiger partial charge >= 0.3 is 6.16 Å². The first-order valence-electron chi connectivity index (χ1n) is 9.46. The fourth-order valence-electron chi connectivity index (χ4n) is 4.62. The first-order chi connectivity index (χ1) is 12.6. The number of aliphatic hydroxyl groups is 1. The predicted molar refractivity (Wildman–Crippen MR) is 95.4 cm³/mol. The molecule has 4 rings (SSSR count). The Labute approximate surface area is 153 Å². The molecule has 1 aliphatic heterocycles. The molecule has 3 aliphatic rings. The van der Waals surface area contributed by atoms with E-state index in [9.17, 15) is 14.7 Å². The van der Waals surface area contributed by atoms with Crippen LogP contribution in [0.25, 0.3) is 0 Å². The van der Waals surface area contributed by atoms with Crippen LogP contribution in [0.3, 0.4) is 0 Å². The Morgan fingerprint density at radius 1 is 1.23 bits per heavy atom. The minimum atomic E-state index is -1.13. The van der Waals surface area contributed by atoms with Crippen molar-refractivity contribution in [2.75, 3.05) is 18.6 Å². The lowest BCUT2D eigenvalue weighted by Crippen LogP contribution is -2.56. The number of fused-ring (bicyclic) bond motifs is 1. The molecule has 2 aliphatic carbocycles. The Balaban J connectivity index is 1.48. The van der Waals surface area contributed by atoms with Gasteiger partial charge in [0.2, 0.25) is 0 Å². The van der Waals surface area contributed by atoms with Gasteiger partial charge in [0.1, 0.15) is 6.10 Å². The molecular weight excluding hydrogens is 334 g/mol. The molecule has 3 unspecified atom stereocenters. The van der Waals surface area contributed by atoms with Gasteiger partial charge in [0.15, 0.2) is 11.9 Å². The quantitative estimate of drug-likeness (QED) is 0.836. The van der Waals surface area contributed by atoms with E-state index >= 15 is 0 Å². The predicted octanol–water partition coefficient (Wildman–Crippen LogP) is 2.56. The molecule has 1 N–H and O–H groups in total. The summed E-state index contributed by atoms with van der Waals surface area (Å²) in [6.07, 6.45) is 4.34. The van der Waals surface area contributed by atoms with Gasteiger partial charge in [-0.3, -0.25) is 4.79 Å². The number of rotatable bonds is 3. The Morgan fingerprint density at radius 2 is 2.00 bits per heavy atom. The fourth-order valence-corrected chi connectivity index (χ4v) is 4.62. The molecule has 0 saturated heterocycles. The summed E-state index contributed by atoms with van der Waals surface area (Å²) in [5.41, 5.74) is 3.31. The van der Waals surface area contributed by atoms with Crippen LogP contribution in [-0.2, 0) is 20.7 Å². The van der Waals surface area contributed by atoms with Crippen LogP contribution in [0, 0.1) is 0 Å². The third-order valence-electron chi connectivity index (χ3n) is 6.04. The van der Waals surface area contributed by atoms with Crippen molar-refractivity contribution in [3.05, 3.63) is 29.3 Å². The number of carbonyl (C=O) groups is 2. The van der Waals surface area contributed by atoms with Crippen LogP contribution in [-0.4, -0.2) is 48.9 Å². The number of benzene rings is 1. The largest absolute Gasteiger partial charge is 0.508 e. The van der Waals surface area contributed by atoms with Crippen molar-refractivity contribution < 1.29 is 24.2 Å². The first kappa shape index (κ1) is 17.3. The van der Waals surface area contributed by atoms with Crippen molar-refractivity contribution in [2.24, 2.45) is 0 Å². The van der Waals surface area contributed by atoms with E-state index < -0.39 is 24.3 Å². The topological polar surface area (TPSA) is 76.1 Å². The second-order valence-electron chi connectivity index (χ2n) is 7.49. The number of hydrogen-bond acceptors (Lipinski definition) is 6. The molecule has 0 spiro atoms. The SMILES string of the molecule is COC(=O)OC1C(=O)C(c2ccc3c(c2)CCN3C2CCCCC2)C1O. The summed E-state index contributed by atoms with van der Waals surface area (Å²) in [7, 11) is 1.17. The maximum absolute atomic E-state index is 12.3. The van der Waals surface area contributed by atoms with E-state index in [-0.39, 0.29) is 5.78 Å². The number of nitrogens with zero attached hydrogens (tertiary/aromatic N) is 1. The number of anilines is 1. The van der Waals surface area contributed by atoms with Crippen molar-refractivity contribution in [1.29, 1.82) is 0 Å². The van der Waals surface area contributed by atoms with Crippen LogP contribution in [0.1, 0.15) is 49.1 Å². The molecule has 0 bridgehead atoms. The third-order valence-corrected chi connectivity index (χ3v) is 6.04. The molecule has 6 nitrogen and oxygen atoms in total. The van der Waals surface area contributed by atoms with Gasteiger partial charge < -0.3 is 19.5 Å². The van der Waals surface area contributed by atoms with E-state index in [2.05, 4.69) is 15.7 Å². The van der Waals surface area contributed by atoms with Gasteiger partial charge in [-0.2, -0.15) is 0 Å². The molecule has 3 atom stereocenters. The first-order valence-corrected chi connectivity index (χ1v) is 9.46. The van der Waals surface area contributed by atoms with Crippen molar-refractivity contribution >= 4 is 17.6 Å². The van der Waals surface area contributed by atoms with E-state index in [0.29, 0.717) is 6.04 Å². The molecule has 140 valence electrons. The summed E-state index contributed by atoms with van der Waals surface area (Å²) >= 11 is 0. The monoisotopic (exact) mass is 359 g/mol. The number of aliphatic hydroxyl groups excluding tert-OH is 1. The number of Topliss-reactive ketones (excluding diaryl/α,β-unsaturated/α-hetero) is 1.